The Bertz CT molecular complexity index is 519. The first-order valence-electron chi connectivity index (χ1n) is 8.69. The third-order valence-corrected chi connectivity index (χ3v) is 5.25. The molecule has 2 aliphatic rings. The van der Waals surface area contributed by atoms with Crippen LogP contribution in [0, 0.1) is 6.92 Å². The summed E-state index contributed by atoms with van der Waals surface area (Å²) in [4.78, 5) is 14.8. The molecule has 1 N–H and O–H groups in total. The number of hydrogen-bond donors (Lipinski definition) is 1. The Morgan fingerprint density at radius 3 is 2.73 bits per heavy atom. The number of nitrogens with one attached hydrogen (secondary N) is 1. The van der Waals surface area contributed by atoms with Gasteiger partial charge in [-0.3, -0.25) is 4.79 Å². The normalized spacial score (nSPS) is 23.8. The SMILES string of the molecule is Cc1cnn(C2CCCC2)c1NC(=O)CC1CCCCN1C. The average molecular weight is 304 g/mol. The minimum absolute atomic E-state index is 0.126. The molecule has 0 bridgehead atoms. The molecule has 1 aromatic heterocycles. The fourth-order valence-corrected chi connectivity index (χ4v) is 3.83. The van der Waals surface area contributed by atoms with Crippen LogP contribution in [-0.2, 0) is 4.79 Å². The van der Waals surface area contributed by atoms with Crippen molar-refractivity contribution in [3.05, 3.63) is 11.8 Å². The minimum Gasteiger partial charge on any atom is -0.311 e. The summed E-state index contributed by atoms with van der Waals surface area (Å²) in [7, 11) is 2.13. The van der Waals surface area contributed by atoms with Gasteiger partial charge in [-0.1, -0.05) is 19.3 Å². The van der Waals surface area contributed by atoms with Crippen LogP contribution in [0.4, 0.5) is 5.82 Å². The maximum atomic E-state index is 12.5. The maximum Gasteiger partial charge on any atom is 0.227 e. The standard InChI is InChI=1S/C17H28N4O/c1-13-12-18-21(14-7-3-4-8-14)17(13)19-16(22)11-15-9-5-6-10-20(15)2/h12,14-15H,3-11H2,1-2H3,(H,19,22). The molecule has 5 heteroatoms. The number of amides is 1. The second-order valence-corrected chi connectivity index (χ2v) is 6.94. The summed E-state index contributed by atoms with van der Waals surface area (Å²) in [6.07, 6.45) is 11.0. The number of piperidine rings is 1. The first kappa shape index (κ1) is 15.5. The third kappa shape index (κ3) is 3.35. The van der Waals surface area contributed by atoms with E-state index in [1.807, 2.05) is 17.8 Å². The molecule has 0 spiro atoms. The van der Waals surface area contributed by atoms with Crippen LogP contribution < -0.4 is 5.32 Å². The third-order valence-electron chi connectivity index (χ3n) is 5.25. The number of aromatic nitrogens is 2. The summed E-state index contributed by atoms with van der Waals surface area (Å²) in [5, 5.41) is 7.64. The summed E-state index contributed by atoms with van der Waals surface area (Å²) in [6, 6.07) is 0.846. The van der Waals surface area contributed by atoms with E-state index in [0.29, 0.717) is 18.5 Å². The van der Waals surface area contributed by atoms with E-state index in [4.69, 9.17) is 0 Å². The van der Waals surface area contributed by atoms with Gasteiger partial charge in [-0.05, 0) is 46.2 Å². The first-order valence-corrected chi connectivity index (χ1v) is 8.69. The van der Waals surface area contributed by atoms with Crippen molar-refractivity contribution < 1.29 is 4.79 Å². The van der Waals surface area contributed by atoms with Crippen LogP contribution >= 0.6 is 0 Å². The van der Waals surface area contributed by atoms with E-state index in [0.717, 1.165) is 24.3 Å². The van der Waals surface area contributed by atoms with E-state index in [1.165, 1.54) is 38.5 Å². The fraction of sp³-hybridized carbons (Fsp3) is 0.765. The van der Waals surface area contributed by atoms with Crippen LogP contribution in [0.1, 0.15) is 63.0 Å². The molecule has 0 radical (unpaired) electrons. The number of hydrogen-bond acceptors (Lipinski definition) is 3. The lowest BCUT2D eigenvalue weighted by atomic mass is 10.00. The Kier molecular flexibility index (Phi) is 4.81. The van der Waals surface area contributed by atoms with Gasteiger partial charge in [0, 0.05) is 18.0 Å². The zero-order valence-corrected chi connectivity index (χ0v) is 13.8. The molecule has 1 amide bonds. The van der Waals surface area contributed by atoms with E-state index >= 15 is 0 Å². The first-order chi connectivity index (χ1) is 10.6. The predicted octanol–water partition coefficient (Wildman–Crippen LogP) is 3.12. The maximum absolute atomic E-state index is 12.5. The molecule has 2 fully saturated rings. The van der Waals surface area contributed by atoms with Gasteiger partial charge in [0.25, 0.3) is 0 Å². The molecule has 1 unspecified atom stereocenters. The average Bonchev–Trinajstić information content (AvgIpc) is 3.12. The molecular formula is C17H28N4O. The largest absolute Gasteiger partial charge is 0.311 e. The second-order valence-electron chi connectivity index (χ2n) is 6.94. The minimum atomic E-state index is 0.126. The summed E-state index contributed by atoms with van der Waals surface area (Å²) in [5.74, 6) is 1.04. The lowest BCUT2D eigenvalue weighted by molar-refractivity contribution is -0.117. The highest BCUT2D eigenvalue weighted by Gasteiger charge is 2.25. The van der Waals surface area contributed by atoms with E-state index < -0.39 is 0 Å². The monoisotopic (exact) mass is 304 g/mol. The van der Waals surface area contributed by atoms with Gasteiger partial charge in [-0.15, -0.1) is 0 Å². The van der Waals surface area contributed by atoms with Gasteiger partial charge in [0.15, 0.2) is 0 Å². The van der Waals surface area contributed by atoms with Crippen LogP contribution in [0.15, 0.2) is 6.20 Å². The van der Waals surface area contributed by atoms with Crippen molar-refractivity contribution >= 4 is 11.7 Å². The van der Waals surface area contributed by atoms with Crippen molar-refractivity contribution in [1.82, 2.24) is 14.7 Å². The summed E-state index contributed by atoms with van der Waals surface area (Å²) in [5.41, 5.74) is 1.07. The van der Waals surface area contributed by atoms with Gasteiger partial charge in [0.05, 0.1) is 12.2 Å². The lowest BCUT2D eigenvalue weighted by Crippen LogP contribution is -2.38. The predicted molar refractivity (Wildman–Crippen MR) is 88.0 cm³/mol. The molecule has 1 aliphatic carbocycles. The molecule has 122 valence electrons. The van der Waals surface area contributed by atoms with Gasteiger partial charge in [-0.25, -0.2) is 4.68 Å². The number of aryl methyl sites for hydroxylation is 1. The number of nitrogens with zero attached hydrogens (tertiary/aromatic N) is 3. The fourth-order valence-electron chi connectivity index (χ4n) is 3.83. The summed E-state index contributed by atoms with van der Waals surface area (Å²) >= 11 is 0. The van der Waals surface area contributed by atoms with E-state index in [1.54, 1.807) is 0 Å². The van der Waals surface area contributed by atoms with Gasteiger partial charge in [0.2, 0.25) is 5.91 Å². The van der Waals surface area contributed by atoms with Crippen LogP contribution in [0.25, 0.3) is 0 Å². The number of carbonyl (C=O) groups excluding carboxylic acids is 1. The molecule has 2 heterocycles. The Morgan fingerprint density at radius 2 is 2.00 bits per heavy atom. The van der Waals surface area contributed by atoms with Gasteiger partial charge >= 0.3 is 0 Å². The molecule has 5 nitrogen and oxygen atoms in total. The van der Waals surface area contributed by atoms with Gasteiger partial charge in [-0.2, -0.15) is 5.10 Å². The van der Waals surface area contributed by atoms with Crippen molar-refractivity contribution in [3.63, 3.8) is 0 Å². The van der Waals surface area contributed by atoms with Crippen molar-refractivity contribution in [2.45, 2.75) is 70.4 Å². The molecule has 0 aromatic carbocycles. The zero-order chi connectivity index (χ0) is 15.5. The topological polar surface area (TPSA) is 50.2 Å². The molecular weight excluding hydrogens is 276 g/mol. The highest BCUT2D eigenvalue weighted by molar-refractivity contribution is 5.91. The van der Waals surface area contributed by atoms with Crippen LogP contribution in [0.2, 0.25) is 0 Å². The highest BCUT2D eigenvalue weighted by Crippen LogP contribution is 2.32. The van der Waals surface area contributed by atoms with Crippen LogP contribution in [0.3, 0.4) is 0 Å². The molecule has 1 saturated carbocycles. The van der Waals surface area contributed by atoms with Crippen molar-refractivity contribution in [1.29, 1.82) is 0 Å². The summed E-state index contributed by atoms with van der Waals surface area (Å²) in [6.45, 7) is 3.14. The highest BCUT2D eigenvalue weighted by atomic mass is 16.1. The van der Waals surface area contributed by atoms with Gasteiger partial charge < -0.3 is 10.2 Å². The van der Waals surface area contributed by atoms with E-state index in [9.17, 15) is 4.79 Å². The van der Waals surface area contributed by atoms with Crippen molar-refractivity contribution in [3.8, 4) is 0 Å². The Morgan fingerprint density at radius 1 is 1.27 bits per heavy atom. The number of carbonyl (C=O) groups is 1. The lowest BCUT2D eigenvalue weighted by Gasteiger charge is -2.32. The Labute approximate surface area is 133 Å². The number of anilines is 1. The molecule has 3 rings (SSSR count). The van der Waals surface area contributed by atoms with Gasteiger partial charge in [0.1, 0.15) is 5.82 Å². The Hall–Kier alpha value is -1.36. The smallest absolute Gasteiger partial charge is 0.227 e. The van der Waals surface area contributed by atoms with Crippen LogP contribution in [0.5, 0.6) is 0 Å². The summed E-state index contributed by atoms with van der Waals surface area (Å²) < 4.78 is 2.05. The van der Waals surface area contributed by atoms with Crippen LogP contribution in [-0.4, -0.2) is 40.2 Å². The molecule has 1 saturated heterocycles. The second kappa shape index (κ2) is 6.82. The van der Waals surface area contributed by atoms with E-state index in [-0.39, 0.29) is 5.91 Å². The Balaban J connectivity index is 1.64. The molecule has 1 atom stereocenters. The van der Waals surface area contributed by atoms with E-state index in [2.05, 4.69) is 22.4 Å². The number of likely N-dealkylation sites (tertiary alicyclic amines) is 1. The zero-order valence-electron chi connectivity index (χ0n) is 13.8. The van der Waals surface area contributed by atoms with Crippen molar-refractivity contribution in [2.24, 2.45) is 0 Å². The van der Waals surface area contributed by atoms with Crippen molar-refractivity contribution in [2.75, 3.05) is 18.9 Å². The molecule has 22 heavy (non-hydrogen) atoms. The quantitative estimate of drug-likeness (QED) is 0.930. The molecule has 1 aliphatic heterocycles. The number of rotatable bonds is 4. The molecule has 1 aromatic rings.